The Bertz CT molecular complexity index is 193. The van der Waals surface area contributed by atoms with E-state index in [-0.39, 0.29) is 5.91 Å². The Morgan fingerprint density at radius 2 is 2.38 bits per heavy atom. The lowest BCUT2D eigenvalue weighted by molar-refractivity contribution is -0.120. The average Bonchev–Trinajstić information content (AvgIpc) is 2.01. The summed E-state index contributed by atoms with van der Waals surface area (Å²) in [5, 5.41) is 12.8. The number of hydrogen-bond acceptors (Lipinski definition) is 2. The SMILES string of the molecule is CC(=O)NC[C@]1(O)CCC[C@H](C)C1. The highest BCUT2D eigenvalue weighted by Crippen LogP contribution is 2.31. The smallest absolute Gasteiger partial charge is 0.216 e. The van der Waals surface area contributed by atoms with Gasteiger partial charge in [-0.3, -0.25) is 4.79 Å². The Morgan fingerprint density at radius 3 is 2.92 bits per heavy atom. The third-order valence-electron chi connectivity index (χ3n) is 2.73. The van der Waals surface area contributed by atoms with Crippen molar-refractivity contribution in [2.45, 2.75) is 45.1 Å². The van der Waals surface area contributed by atoms with Crippen LogP contribution in [0.1, 0.15) is 39.5 Å². The van der Waals surface area contributed by atoms with Crippen molar-refractivity contribution in [1.29, 1.82) is 0 Å². The number of aliphatic hydroxyl groups is 1. The van der Waals surface area contributed by atoms with Crippen LogP contribution in [0.5, 0.6) is 0 Å². The van der Waals surface area contributed by atoms with Crippen molar-refractivity contribution in [2.75, 3.05) is 6.54 Å². The lowest BCUT2D eigenvalue weighted by atomic mass is 9.79. The maximum atomic E-state index is 10.7. The molecular formula is C10H19NO2. The molecule has 1 amide bonds. The zero-order valence-electron chi connectivity index (χ0n) is 8.47. The van der Waals surface area contributed by atoms with E-state index in [0.717, 1.165) is 19.3 Å². The monoisotopic (exact) mass is 185 g/mol. The molecule has 3 nitrogen and oxygen atoms in total. The number of nitrogens with one attached hydrogen (secondary N) is 1. The summed E-state index contributed by atoms with van der Waals surface area (Å²) in [6.07, 6.45) is 3.89. The highest BCUT2D eigenvalue weighted by molar-refractivity contribution is 5.72. The molecule has 1 saturated carbocycles. The van der Waals surface area contributed by atoms with Crippen LogP contribution in [0.15, 0.2) is 0 Å². The zero-order chi connectivity index (χ0) is 9.90. The molecule has 0 heterocycles. The Kier molecular flexibility index (Phi) is 3.31. The van der Waals surface area contributed by atoms with Gasteiger partial charge in [-0.2, -0.15) is 0 Å². The number of amides is 1. The summed E-state index contributed by atoms with van der Waals surface area (Å²) >= 11 is 0. The molecule has 0 unspecified atom stereocenters. The van der Waals surface area contributed by atoms with Crippen LogP contribution < -0.4 is 5.32 Å². The van der Waals surface area contributed by atoms with Crippen LogP contribution >= 0.6 is 0 Å². The van der Waals surface area contributed by atoms with E-state index in [0.29, 0.717) is 12.5 Å². The molecule has 1 rings (SSSR count). The number of rotatable bonds is 2. The van der Waals surface area contributed by atoms with Crippen molar-refractivity contribution in [1.82, 2.24) is 5.32 Å². The molecule has 0 aromatic heterocycles. The molecule has 1 fully saturated rings. The molecule has 0 saturated heterocycles. The Hall–Kier alpha value is -0.570. The fourth-order valence-corrected chi connectivity index (χ4v) is 2.08. The molecule has 0 aliphatic heterocycles. The highest BCUT2D eigenvalue weighted by atomic mass is 16.3. The first-order valence-electron chi connectivity index (χ1n) is 4.99. The summed E-state index contributed by atoms with van der Waals surface area (Å²) < 4.78 is 0. The maximum Gasteiger partial charge on any atom is 0.216 e. The third-order valence-corrected chi connectivity index (χ3v) is 2.73. The third kappa shape index (κ3) is 3.35. The number of carbonyl (C=O) groups is 1. The number of carbonyl (C=O) groups excluding carboxylic acids is 1. The molecule has 1 aliphatic carbocycles. The van der Waals surface area contributed by atoms with E-state index < -0.39 is 5.60 Å². The van der Waals surface area contributed by atoms with Crippen molar-refractivity contribution >= 4 is 5.91 Å². The van der Waals surface area contributed by atoms with Crippen LogP contribution in [0.3, 0.4) is 0 Å². The van der Waals surface area contributed by atoms with Crippen LogP contribution in [-0.4, -0.2) is 23.2 Å². The molecule has 1 aliphatic rings. The van der Waals surface area contributed by atoms with Crippen molar-refractivity contribution < 1.29 is 9.90 Å². The second-order valence-electron chi connectivity index (χ2n) is 4.34. The predicted octanol–water partition coefficient (Wildman–Crippen LogP) is 1.06. The second kappa shape index (κ2) is 4.09. The van der Waals surface area contributed by atoms with Gasteiger partial charge in [0.05, 0.1) is 5.60 Å². The van der Waals surface area contributed by atoms with Gasteiger partial charge in [-0.25, -0.2) is 0 Å². The fourth-order valence-electron chi connectivity index (χ4n) is 2.08. The highest BCUT2D eigenvalue weighted by Gasteiger charge is 2.32. The van der Waals surface area contributed by atoms with Crippen molar-refractivity contribution in [3.63, 3.8) is 0 Å². The lowest BCUT2D eigenvalue weighted by Crippen LogP contribution is -2.45. The molecular weight excluding hydrogens is 166 g/mol. The van der Waals surface area contributed by atoms with Gasteiger partial charge >= 0.3 is 0 Å². The summed E-state index contributed by atoms with van der Waals surface area (Å²) in [7, 11) is 0. The van der Waals surface area contributed by atoms with Crippen LogP contribution in [0.25, 0.3) is 0 Å². The average molecular weight is 185 g/mol. The van der Waals surface area contributed by atoms with E-state index in [9.17, 15) is 9.90 Å². The van der Waals surface area contributed by atoms with Crippen LogP contribution in [0.2, 0.25) is 0 Å². The minimum Gasteiger partial charge on any atom is -0.388 e. The summed E-state index contributed by atoms with van der Waals surface area (Å²) in [5.74, 6) is 0.513. The molecule has 2 atom stereocenters. The largest absolute Gasteiger partial charge is 0.388 e. The first-order valence-corrected chi connectivity index (χ1v) is 4.99. The molecule has 2 N–H and O–H groups in total. The van der Waals surface area contributed by atoms with Gasteiger partial charge in [0.1, 0.15) is 0 Å². The first-order chi connectivity index (χ1) is 6.02. The normalized spacial score (nSPS) is 34.2. The Labute approximate surface area is 79.5 Å². The summed E-state index contributed by atoms with van der Waals surface area (Å²) in [6, 6.07) is 0. The van der Waals surface area contributed by atoms with Crippen molar-refractivity contribution in [2.24, 2.45) is 5.92 Å². The van der Waals surface area contributed by atoms with E-state index >= 15 is 0 Å². The van der Waals surface area contributed by atoms with Gasteiger partial charge < -0.3 is 10.4 Å². The van der Waals surface area contributed by atoms with E-state index in [4.69, 9.17) is 0 Å². The van der Waals surface area contributed by atoms with Gasteiger partial charge in [0.25, 0.3) is 0 Å². The van der Waals surface area contributed by atoms with Crippen LogP contribution in [-0.2, 0) is 4.79 Å². The standard InChI is InChI=1S/C10H19NO2/c1-8-4-3-5-10(13,6-8)7-11-9(2)12/h8,13H,3-7H2,1-2H3,(H,11,12)/t8-,10-/m0/s1. The second-order valence-corrected chi connectivity index (χ2v) is 4.34. The molecule has 0 aromatic carbocycles. The van der Waals surface area contributed by atoms with Gasteiger partial charge in [0.2, 0.25) is 5.91 Å². The van der Waals surface area contributed by atoms with E-state index in [2.05, 4.69) is 12.2 Å². The molecule has 76 valence electrons. The number of hydrogen-bond donors (Lipinski definition) is 2. The van der Waals surface area contributed by atoms with Gasteiger partial charge in [0.15, 0.2) is 0 Å². The van der Waals surface area contributed by atoms with Crippen LogP contribution in [0.4, 0.5) is 0 Å². The molecule has 0 radical (unpaired) electrons. The van der Waals surface area contributed by atoms with Crippen LogP contribution in [0, 0.1) is 5.92 Å². The van der Waals surface area contributed by atoms with Gasteiger partial charge in [0, 0.05) is 13.5 Å². The summed E-state index contributed by atoms with van der Waals surface area (Å²) in [4.78, 5) is 10.7. The Balaban J connectivity index is 2.39. The molecule has 0 spiro atoms. The topological polar surface area (TPSA) is 49.3 Å². The molecule has 3 heteroatoms. The van der Waals surface area contributed by atoms with E-state index in [1.807, 2.05) is 0 Å². The minimum atomic E-state index is -0.649. The van der Waals surface area contributed by atoms with Gasteiger partial charge in [-0.05, 0) is 18.8 Å². The van der Waals surface area contributed by atoms with Gasteiger partial charge in [-0.1, -0.05) is 19.8 Å². The maximum absolute atomic E-state index is 10.7. The first kappa shape index (κ1) is 10.5. The quantitative estimate of drug-likeness (QED) is 0.676. The van der Waals surface area contributed by atoms with Crippen molar-refractivity contribution in [3.05, 3.63) is 0 Å². The van der Waals surface area contributed by atoms with E-state index in [1.54, 1.807) is 0 Å². The van der Waals surface area contributed by atoms with E-state index in [1.165, 1.54) is 13.3 Å². The molecule has 0 aromatic rings. The fraction of sp³-hybridized carbons (Fsp3) is 0.900. The molecule has 13 heavy (non-hydrogen) atoms. The zero-order valence-corrected chi connectivity index (χ0v) is 8.47. The molecule has 0 bridgehead atoms. The Morgan fingerprint density at radius 1 is 1.69 bits per heavy atom. The minimum absolute atomic E-state index is 0.0633. The predicted molar refractivity (Wildman–Crippen MR) is 51.3 cm³/mol. The lowest BCUT2D eigenvalue weighted by Gasteiger charge is -2.35. The summed E-state index contributed by atoms with van der Waals surface area (Å²) in [6.45, 7) is 4.04. The summed E-state index contributed by atoms with van der Waals surface area (Å²) in [5.41, 5.74) is -0.649. The van der Waals surface area contributed by atoms with Gasteiger partial charge in [-0.15, -0.1) is 0 Å². The van der Waals surface area contributed by atoms with Crippen molar-refractivity contribution in [3.8, 4) is 0 Å².